The van der Waals surface area contributed by atoms with Gasteiger partial charge in [0, 0.05) is 13.0 Å². The van der Waals surface area contributed by atoms with E-state index >= 15 is 0 Å². The molecule has 0 heterocycles. The monoisotopic (exact) mass is 277 g/mol. The fourth-order valence-electron chi connectivity index (χ4n) is 1.59. The first-order valence-electron chi connectivity index (χ1n) is 6.95. The minimum atomic E-state index is -0.112. The van der Waals surface area contributed by atoms with Crippen LogP contribution in [0.1, 0.15) is 32.8 Å². The fourth-order valence-corrected chi connectivity index (χ4v) is 1.59. The number of aryl methyl sites for hydroxylation is 1. The van der Waals surface area contributed by atoms with E-state index in [1.54, 1.807) is 6.92 Å². The zero-order valence-corrected chi connectivity index (χ0v) is 12.4. The molecule has 1 rings (SSSR count). The maximum Gasteiger partial charge on any atom is 0.257 e. The normalized spacial score (nSPS) is 10.4. The molecule has 1 N–H and O–H groups in total. The number of ether oxygens (including phenoxy) is 1. The van der Waals surface area contributed by atoms with Crippen molar-refractivity contribution in [3.05, 3.63) is 29.8 Å². The molecule has 0 fully saturated rings. The predicted octanol–water partition coefficient (Wildman–Crippen LogP) is 2.36. The second-order valence-electron chi connectivity index (χ2n) is 5.33. The molecular formula is C16H23NO3. The smallest absolute Gasteiger partial charge is 0.257 e. The Hall–Kier alpha value is -1.84. The predicted molar refractivity (Wildman–Crippen MR) is 78.8 cm³/mol. The van der Waals surface area contributed by atoms with Gasteiger partial charge in [-0.25, -0.2) is 0 Å². The SMILES string of the molecule is CC(=O)CCc1ccc(OCC(=O)NCC(C)C)cc1. The van der Waals surface area contributed by atoms with Crippen LogP contribution in [-0.4, -0.2) is 24.8 Å². The van der Waals surface area contributed by atoms with Crippen molar-refractivity contribution in [2.75, 3.05) is 13.2 Å². The largest absolute Gasteiger partial charge is 0.484 e. The van der Waals surface area contributed by atoms with Crippen LogP contribution in [0.3, 0.4) is 0 Å². The molecule has 0 aliphatic rings. The van der Waals surface area contributed by atoms with Crippen molar-refractivity contribution < 1.29 is 14.3 Å². The van der Waals surface area contributed by atoms with Crippen molar-refractivity contribution in [3.8, 4) is 5.75 Å². The third-order valence-electron chi connectivity index (χ3n) is 2.77. The lowest BCUT2D eigenvalue weighted by molar-refractivity contribution is -0.123. The van der Waals surface area contributed by atoms with Gasteiger partial charge in [0.2, 0.25) is 0 Å². The Kier molecular flexibility index (Phi) is 6.77. The third kappa shape index (κ3) is 6.92. The highest BCUT2D eigenvalue weighted by molar-refractivity contribution is 5.77. The number of rotatable bonds is 8. The summed E-state index contributed by atoms with van der Waals surface area (Å²) in [4.78, 5) is 22.4. The minimum Gasteiger partial charge on any atom is -0.484 e. The van der Waals surface area contributed by atoms with E-state index in [0.29, 0.717) is 24.6 Å². The Morgan fingerprint density at radius 2 is 1.85 bits per heavy atom. The molecule has 110 valence electrons. The highest BCUT2D eigenvalue weighted by Gasteiger charge is 2.04. The van der Waals surface area contributed by atoms with Gasteiger partial charge in [0.1, 0.15) is 11.5 Å². The van der Waals surface area contributed by atoms with E-state index in [-0.39, 0.29) is 18.3 Å². The van der Waals surface area contributed by atoms with Crippen molar-refractivity contribution in [3.63, 3.8) is 0 Å². The second-order valence-corrected chi connectivity index (χ2v) is 5.33. The number of amides is 1. The standard InChI is InChI=1S/C16H23NO3/c1-12(2)10-17-16(19)11-20-15-8-6-14(7-9-15)5-4-13(3)18/h6-9,12H,4-5,10-11H2,1-3H3,(H,17,19). The quantitative estimate of drug-likeness (QED) is 0.793. The van der Waals surface area contributed by atoms with E-state index in [2.05, 4.69) is 5.32 Å². The molecule has 0 bridgehead atoms. The van der Waals surface area contributed by atoms with E-state index < -0.39 is 0 Å². The van der Waals surface area contributed by atoms with Gasteiger partial charge >= 0.3 is 0 Å². The lowest BCUT2D eigenvalue weighted by Gasteiger charge is -2.09. The van der Waals surface area contributed by atoms with Crippen LogP contribution in [0.4, 0.5) is 0 Å². The number of hydrogen-bond acceptors (Lipinski definition) is 3. The Balaban J connectivity index is 2.34. The fraction of sp³-hybridized carbons (Fsp3) is 0.500. The molecule has 0 saturated heterocycles. The van der Waals surface area contributed by atoms with Gasteiger partial charge < -0.3 is 14.8 Å². The number of nitrogens with one attached hydrogen (secondary N) is 1. The first-order valence-corrected chi connectivity index (χ1v) is 6.95. The molecule has 1 aromatic rings. The topological polar surface area (TPSA) is 55.4 Å². The van der Waals surface area contributed by atoms with Gasteiger partial charge in [0.15, 0.2) is 6.61 Å². The summed E-state index contributed by atoms with van der Waals surface area (Å²) in [6.45, 7) is 6.36. The van der Waals surface area contributed by atoms with Crippen molar-refractivity contribution in [2.24, 2.45) is 5.92 Å². The molecule has 1 amide bonds. The Morgan fingerprint density at radius 1 is 1.20 bits per heavy atom. The summed E-state index contributed by atoms with van der Waals surface area (Å²) in [5.41, 5.74) is 1.09. The lowest BCUT2D eigenvalue weighted by atomic mass is 10.1. The summed E-state index contributed by atoms with van der Waals surface area (Å²) < 4.78 is 5.40. The van der Waals surface area contributed by atoms with Crippen molar-refractivity contribution in [2.45, 2.75) is 33.6 Å². The highest BCUT2D eigenvalue weighted by atomic mass is 16.5. The molecular weight excluding hydrogens is 254 g/mol. The number of ketones is 1. The average Bonchev–Trinajstić information content (AvgIpc) is 2.41. The number of carbonyl (C=O) groups excluding carboxylic acids is 2. The van der Waals surface area contributed by atoms with Gasteiger partial charge in [-0.1, -0.05) is 26.0 Å². The van der Waals surface area contributed by atoms with Crippen LogP contribution < -0.4 is 10.1 Å². The minimum absolute atomic E-state index is 0.0273. The van der Waals surface area contributed by atoms with Crippen LogP contribution in [-0.2, 0) is 16.0 Å². The summed E-state index contributed by atoms with van der Waals surface area (Å²) in [5, 5.41) is 2.80. The first-order chi connectivity index (χ1) is 9.47. The third-order valence-corrected chi connectivity index (χ3v) is 2.77. The molecule has 0 spiro atoms. The van der Waals surface area contributed by atoms with Crippen molar-refractivity contribution in [1.82, 2.24) is 5.32 Å². The van der Waals surface area contributed by atoms with E-state index in [1.165, 1.54) is 0 Å². The van der Waals surface area contributed by atoms with Crippen LogP contribution >= 0.6 is 0 Å². The van der Waals surface area contributed by atoms with Crippen LogP contribution in [0.15, 0.2) is 24.3 Å². The zero-order chi connectivity index (χ0) is 15.0. The Morgan fingerprint density at radius 3 is 2.40 bits per heavy atom. The van der Waals surface area contributed by atoms with Crippen LogP contribution in [0.2, 0.25) is 0 Å². The van der Waals surface area contributed by atoms with Gasteiger partial charge in [0.05, 0.1) is 0 Å². The van der Waals surface area contributed by atoms with Gasteiger partial charge in [0.25, 0.3) is 5.91 Å². The summed E-state index contributed by atoms with van der Waals surface area (Å²) >= 11 is 0. The van der Waals surface area contributed by atoms with Crippen molar-refractivity contribution >= 4 is 11.7 Å². The van der Waals surface area contributed by atoms with E-state index in [9.17, 15) is 9.59 Å². The summed E-state index contributed by atoms with van der Waals surface area (Å²) in [5.74, 6) is 1.17. The van der Waals surface area contributed by atoms with Crippen LogP contribution in [0.25, 0.3) is 0 Å². The van der Waals surface area contributed by atoms with E-state index in [0.717, 1.165) is 12.0 Å². The lowest BCUT2D eigenvalue weighted by Crippen LogP contribution is -2.31. The summed E-state index contributed by atoms with van der Waals surface area (Å²) in [6, 6.07) is 7.49. The van der Waals surface area contributed by atoms with Gasteiger partial charge in [-0.3, -0.25) is 4.79 Å². The van der Waals surface area contributed by atoms with Gasteiger partial charge in [-0.05, 0) is 37.0 Å². The molecule has 20 heavy (non-hydrogen) atoms. The molecule has 0 aromatic heterocycles. The summed E-state index contributed by atoms with van der Waals surface area (Å²) in [7, 11) is 0. The molecule has 0 radical (unpaired) electrons. The zero-order valence-electron chi connectivity index (χ0n) is 12.4. The molecule has 0 saturated carbocycles. The first kappa shape index (κ1) is 16.2. The Bertz CT molecular complexity index is 438. The van der Waals surface area contributed by atoms with Crippen molar-refractivity contribution in [1.29, 1.82) is 0 Å². The van der Waals surface area contributed by atoms with E-state index in [1.807, 2.05) is 38.1 Å². The molecule has 0 atom stereocenters. The number of hydrogen-bond donors (Lipinski definition) is 1. The maximum absolute atomic E-state index is 11.5. The second kappa shape index (κ2) is 8.35. The van der Waals surface area contributed by atoms with Gasteiger partial charge in [-0.15, -0.1) is 0 Å². The Labute approximate surface area is 120 Å². The van der Waals surface area contributed by atoms with Crippen LogP contribution in [0.5, 0.6) is 5.75 Å². The van der Waals surface area contributed by atoms with E-state index in [4.69, 9.17) is 4.74 Å². The average molecular weight is 277 g/mol. The number of Topliss-reactive ketones (excluding diaryl/α,β-unsaturated/α-hetero) is 1. The molecule has 0 aliphatic carbocycles. The maximum atomic E-state index is 11.5. The van der Waals surface area contributed by atoms with Crippen LogP contribution in [0, 0.1) is 5.92 Å². The van der Waals surface area contributed by atoms with Gasteiger partial charge in [-0.2, -0.15) is 0 Å². The molecule has 0 aliphatic heterocycles. The number of carbonyl (C=O) groups is 2. The summed E-state index contributed by atoms with van der Waals surface area (Å²) in [6.07, 6.45) is 1.29. The molecule has 4 heteroatoms. The number of benzene rings is 1. The molecule has 4 nitrogen and oxygen atoms in total. The highest BCUT2D eigenvalue weighted by Crippen LogP contribution is 2.13. The molecule has 1 aromatic carbocycles. The molecule has 0 unspecified atom stereocenters.